The fourth-order valence-corrected chi connectivity index (χ4v) is 4.18. The molecule has 1 aromatic carbocycles. The minimum absolute atomic E-state index is 0.143. The first-order chi connectivity index (χ1) is 8.76. The number of aromatic carboxylic acids is 1. The van der Waals surface area contributed by atoms with Gasteiger partial charge in [0.15, 0.2) is 0 Å². The van der Waals surface area contributed by atoms with Crippen LogP contribution in [0.2, 0.25) is 0 Å². The van der Waals surface area contributed by atoms with Crippen LogP contribution in [0.25, 0.3) is 0 Å². The van der Waals surface area contributed by atoms with Gasteiger partial charge in [0.1, 0.15) is 5.60 Å². The average molecular weight is 282 g/mol. The number of rotatable bonds is 1. The zero-order valence-corrected chi connectivity index (χ0v) is 12.2. The van der Waals surface area contributed by atoms with E-state index in [1.54, 1.807) is 12.1 Å². The van der Waals surface area contributed by atoms with Crippen LogP contribution in [-0.4, -0.2) is 22.0 Å². The number of ether oxygens (including phenoxy) is 1. The highest BCUT2D eigenvalue weighted by Gasteiger charge is 2.28. The summed E-state index contributed by atoms with van der Waals surface area (Å²) in [6.45, 7) is 5.56. The minimum Gasteiger partial charge on any atom is -0.478 e. The van der Waals surface area contributed by atoms with Crippen molar-refractivity contribution >= 4 is 22.2 Å². The first kappa shape index (κ1) is 13.9. The van der Waals surface area contributed by atoms with Crippen LogP contribution in [0, 0.1) is 0 Å². The highest BCUT2D eigenvalue weighted by atomic mass is 32.2. The molecule has 0 spiro atoms. The Bertz CT molecular complexity index is 531. The van der Waals surface area contributed by atoms with E-state index in [9.17, 15) is 9.59 Å². The van der Waals surface area contributed by atoms with Gasteiger partial charge in [-0.25, -0.2) is 9.59 Å². The van der Waals surface area contributed by atoms with Crippen LogP contribution >= 0.6 is 10.9 Å². The van der Waals surface area contributed by atoms with Gasteiger partial charge in [-0.05, 0) is 44.0 Å². The Morgan fingerprint density at radius 2 is 1.84 bits per heavy atom. The van der Waals surface area contributed by atoms with Gasteiger partial charge in [-0.2, -0.15) is 0 Å². The van der Waals surface area contributed by atoms with Gasteiger partial charge in [0, 0.05) is 11.5 Å². The monoisotopic (exact) mass is 282 g/mol. The molecule has 0 fully saturated rings. The number of benzene rings is 1. The predicted molar refractivity (Wildman–Crippen MR) is 76.0 cm³/mol. The van der Waals surface area contributed by atoms with E-state index in [0.29, 0.717) is 11.5 Å². The number of hydrogen-bond acceptors (Lipinski definition) is 3. The Labute approximate surface area is 115 Å². The molecule has 4 nitrogen and oxygen atoms in total. The Morgan fingerprint density at radius 3 is 2.42 bits per heavy atom. The van der Waals surface area contributed by atoms with Gasteiger partial charge in [-0.1, -0.05) is 6.07 Å². The molecule has 19 heavy (non-hydrogen) atoms. The maximum absolute atomic E-state index is 12.0. The number of thiol groups is 1. The van der Waals surface area contributed by atoms with E-state index in [0.717, 1.165) is 11.1 Å². The maximum atomic E-state index is 12.0. The van der Waals surface area contributed by atoms with Gasteiger partial charge >= 0.3 is 11.3 Å². The number of carbonyl (C=O) groups excluding carboxylic acids is 1. The van der Waals surface area contributed by atoms with Crippen molar-refractivity contribution in [2.45, 2.75) is 37.9 Å². The molecule has 0 amide bonds. The topological polar surface area (TPSA) is 63.6 Å². The van der Waals surface area contributed by atoms with Crippen molar-refractivity contribution in [1.29, 1.82) is 0 Å². The van der Waals surface area contributed by atoms with Crippen molar-refractivity contribution < 1.29 is 19.4 Å². The molecule has 1 N–H and O–H groups in total. The van der Waals surface area contributed by atoms with E-state index < -0.39 is 22.5 Å². The zero-order valence-electron chi connectivity index (χ0n) is 11.3. The third-order valence-corrected chi connectivity index (χ3v) is 4.88. The lowest BCUT2D eigenvalue weighted by molar-refractivity contribution is 0.0694. The molecule has 1 aliphatic rings. The predicted octanol–water partition coefficient (Wildman–Crippen LogP) is 3.33. The Balaban J connectivity index is 2.12. The highest BCUT2D eigenvalue weighted by molar-refractivity contribution is 8.28. The molecule has 0 saturated heterocycles. The van der Waals surface area contributed by atoms with Crippen LogP contribution in [0.3, 0.4) is 0 Å². The van der Waals surface area contributed by atoms with Crippen LogP contribution in [0.1, 0.15) is 42.3 Å². The van der Waals surface area contributed by atoms with E-state index in [2.05, 4.69) is 0 Å². The number of hydrogen-bond donors (Lipinski definition) is 2. The standard InChI is InChI=1S/C14H18O4S/c1-14(2,3)18-13(17)19-7-10-5-4-9(12(15)16)6-11(10)8-19/h4-6,19H,7-8H2,1-3H3,(H,15,16). The smallest absolute Gasteiger partial charge is 0.348 e. The molecule has 104 valence electrons. The van der Waals surface area contributed by atoms with Crippen molar-refractivity contribution in [1.82, 2.24) is 0 Å². The van der Waals surface area contributed by atoms with E-state index in [1.807, 2.05) is 26.8 Å². The zero-order chi connectivity index (χ0) is 14.2. The van der Waals surface area contributed by atoms with E-state index >= 15 is 0 Å². The number of fused-ring (bicyclic) bond motifs is 1. The largest absolute Gasteiger partial charge is 0.478 e. The van der Waals surface area contributed by atoms with Crippen LogP contribution in [-0.2, 0) is 16.2 Å². The summed E-state index contributed by atoms with van der Waals surface area (Å²) < 4.78 is 5.40. The SMILES string of the molecule is CC(C)(C)OC(=O)[SH]1Cc2ccc(C(=O)O)cc2C1. The molecule has 5 heteroatoms. The average Bonchev–Trinajstić information content (AvgIpc) is 2.68. The molecule has 0 radical (unpaired) electrons. The molecule has 1 heterocycles. The summed E-state index contributed by atoms with van der Waals surface area (Å²) in [5, 5.41) is 8.81. The summed E-state index contributed by atoms with van der Waals surface area (Å²) in [6.07, 6.45) is 0. The van der Waals surface area contributed by atoms with Crippen molar-refractivity contribution in [2.75, 3.05) is 0 Å². The van der Waals surface area contributed by atoms with Gasteiger partial charge < -0.3 is 9.84 Å². The normalized spacial score (nSPS) is 19.8. The number of carbonyl (C=O) groups is 2. The number of carboxylic acids is 1. The van der Waals surface area contributed by atoms with Gasteiger partial charge in [0.05, 0.1) is 5.56 Å². The lowest BCUT2D eigenvalue weighted by Gasteiger charge is -2.23. The summed E-state index contributed by atoms with van der Waals surface area (Å²) in [5.41, 5.74) is 1.85. The number of carboxylic acid groups (broad SMARTS) is 1. The molecule has 1 aromatic rings. The molecule has 1 atom stereocenters. The van der Waals surface area contributed by atoms with Gasteiger partial charge in [-0.3, -0.25) is 0 Å². The first-order valence-corrected chi connectivity index (χ1v) is 7.80. The minimum atomic E-state index is -0.934. The van der Waals surface area contributed by atoms with Gasteiger partial charge in [0.25, 0.3) is 0 Å². The lowest BCUT2D eigenvalue weighted by Crippen LogP contribution is -2.22. The fourth-order valence-electron chi connectivity index (χ4n) is 1.98. The molecule has 0 saturated carbocycles. The first-order valence-electron chi connectivity index (χ1n) is 6.09. The fraction of sp³-hybridized carbons (Fsp3) is 0.429. The molecule has 2 rings (SSSR count). The van der Waals surface area contributed by atoms with E-state index in [1.165, 1.54) is 0 Å². The van der Waals surface area contributed by atoms with Crippen LogP contribution in [0.5, 0.6) is 0 Å². The van der Waals surface area contributed by atoms with Crippen LogP contribution < -0.4 is 0 Å². The molecule has 0 aromatic heterocycles. The van der Waals surface area contributed by atoms with E-state index in [4.69, 9.17) is 9.84 Å². The molecular formula is C14H18O4S. The quantitative estimate of drug-likeness (QED) is 0.612. The summed E-state index contributed by atoms with van der Waals surface area (Å²) >= 11 is 0. The Kier molecular flexibility index (Phi) is 3.58. The second-order valence-electron chi connectivity index (χ2n) is 5.63. The summed E-state index contributed by atoms with van der Waals surface area (Å²) in [6, 6.07) is 5.07. The van der Waals surface area contributed by atoms with E-state index in [-0.39, 0.29) is 10.9 Å². The Hall–Kier alpha value is -1.49. The second kappa shape index (κ2) is 4.89. The molecule has 1 unspecified atom stereocenters. The molecule has 0 aliphatic carbocycles. The highest BCUT2D eigenvalue weighted by Crippen LogP contribution is 2.45. The maximum Gasteiger partial charge on any atom is 0.348 e. The van der Waals surface area contributed by atoms with Crippen molar-refractivity contribution in [2.24, 2.45) is 0 Å². The van der Waals surface area contributed by atoms with Gasteiger partial charge in [-0.15, -0.1) is 10.9 Å². The summed E-state index contributed by atoms with van der Waals surface area (Å²) in [5.74, 6) is 0.386. The Morgan fingerprint density at radius 1 is 1.21 bits per heavy atom. The second-order valence-corrected chi connectivity index (χ2v) is 7.70. The summed E-state index contributed by atoms with van der Waals surface area (Å²) in [7, 11) is -0.883. The van der Waals surface area contributed by atoms with Crippen LogP contribution in [0.4, 0.5) is 4.79 Å². The molecule has 1 aliphatic heterocycles. The van der Waals surface area contributed by atoms with Crippen molar-refractivity contribution in [3.8, 4) is 0 Å². The van der Waals surface area contributed by atoms with Crippen molar-refractivity contribution in [3.05, 3.63) is 34.9 Å². The molecular weight excluding hydrogens is 264 g/mol. The lowest BCUT2D eigenvalue weighted by atomic mass is 10.1. The van der Waals surface area contributed by atoms with Crippen LogP contribution in [0.15, 0.2) is 18.2 Å². The third kappa shape index (κ3) is 3.29. The summed E-state index contributed by atoms with van der Waals surface area (Å²) in [4.78, 5) is 23.0. The molecule has 0 bridgehead atoms. The van der Waals surface area contributed by atoms with Crippen molar-refractivity contribution in [3.63, 3.8) is 0 Å². The third-order valence-electron chi connectivity index (χ3n) is 2.83. The van der Waals surface area contributed by atoms with Gasteiger partial charge in [0.2, 0.25) is 0 Å².